The normalized spacial score (nSPS) is 11.4. The first-order chi connectivity index (χ1) is 16.4. The fourth-order valence-corrected chi connectivity index (χ4v) is 3.31. The van der Waals surface area contributed by atoms with Crippen LogP contribution in [-0.4, -0.2) is 21.7 Å². The van der Waals surface area contributed by atoms with Crippen LogP contribution in [0, 0.1) is 17.5 Å². The van der Waals surface area contributed by atoms with Crippen molar-refractivity contribution in [1.82, 2.24) is 9.55 Å². The molecule has 0 aliphatic carbocycles. The molecule has 3 aromatic rings. The summed E-state index contributed by atoms with van der Waals surface area (Å²) in [5.74, 6) is -6.91. The summed E-state index contributed by atoms with van der Waals surface area (Å²) >= 11 is 2.91. The van der Waals surface area contributed by atoms with E-state index in [1.54, 1.807) is 0 Å². The smallest absolute Gasteiger partial charge is 0.472 e. The molecular formula is C21H14BrF6N3O4. The van der Waals surface area contributed by atoms with Crippen LogP contribution >= 0.6 is 15.9 Å². The second-order valence-corrected chi connectivity index (χ2v) is 7.63. The maximum absolute atomic E-state index is 14.4. The van der Waals surface area contributed by atoms with Crippen LogP contribution < -0.4 is 16.0 Å². The van der Waals surface area contributed by atoms with E-state index in [1.807, 2.05) is 0 Å². The first kappa shape index (κ1) is 26.2. The molecule has 2 N–H and O–H groups in total. The third kappa shape index (κ3) is 5.82. The Bertz CT molecular complexity index is 1310. The molecule has 1 aromatic heterocycles. The highest BCUT2D eigenvalue weighted by Crippen LogP contribution is 2.26. The lowest BCUT2D eigenvalue weighted by atomic mass is 10.1. The molecule has 0 amide bonds. The minimum absolute atomic E-state index is 0.0577. The van der Waals surface area contributed by atoms with Gasteiger partial charge >= 0.3 is 12.1 Å². The molecule has 0 bridgehead atoms. The Morgan fingerprint density at radius 2 is 1.71 bits per heavy atom. The standard InChI is InChI=1S/C21H14BrF6N3O4/c22-16-18(34-8-10-4-5-12(23)6-11(10)7-29)30-15(9-35-20(33)21(26,27)28)31(19(16)32)17-13(24)2-1-3-14(17)25/h1-6H,7-9,29H2. The van der Waals surface area contributed by atoms with Crippen LogP contribution in [0.5, 0.6) is 5.88 Å². The predicted molar refractivity (Wildman–Crippen MR) is 112 cm³/mol. The molecule has 7 nitrogen and oxygen atoms in total. The zero-order valence-corrected chi connectivity index (χ0v) is 18.9. The van der Waals surface area contributed by atoms with Gasteiger partial charge in [0, 0.05) is 6.54 Å². The number of rotatable bonds is 7. The predicted octanol–water partition coefficient (Wildman–Crippen LogP) is 4.06. The zero-order chi connectivity index (χ0) is 25.9. The number of ether oxygens (including phenoxy) is 2. The van der Waals surface area contributed by atoms with Crippen LogP contribution in [0.25, 0.3) is 5.69 Å². The molecule has 0 aliphatic heterocycles. The summed E-state index contributed by atoms with van der Waals surface area (Å²) in [6.07, 6.45) is -5.37. The van der Waals surface area contributed by atoms with Crippen molar-refractivity contribution < 1.29 is 40.6 Å². The van der Waals surface area contributed by atoms with E-state index in [0.717, 1.165) is 30.3 Å². The molecule has 186 valence electrons. The van der Waals surface area contributed by atoms with E-state index >= 15 is 0 Å². The van der Waals surface area contributed by atoms with Gasteiger partial charge < -0.3 is 15.2 Å². The van der Waals surface area contributed by atoms with Crippen LogP contribution in [0.2, 0.25) is 0 Å². The molecule has 2 aromatic carbocycles. The van der Waals surface area contributed by atoms with Gasteiger partial charge in [0.1, 0.15) is 34.2 Å². The lowest BCUT2D eigenvalue weighted by molar-refractivity contribution is -0.201. The number of hydrogen-bond donors (Lipinski definition) is 1. The van der Waals surface area contributed by atoms with Crippen LogP contribution in [-0.2, 0) is 29.3 Å². The Morgan fingerprint density at radius 3 is 2.31 bits per heavy atom. The number of hydrogen-bond acceptors (Lipinski definition) is 6. The van der Waals surface area contributed by atoms with E-state index in [0.29, 0.717) is 15.7 Å². The molecule has 0 fully saturated rings. The summed E-state index contributed by atoms with van der Waals surface area (Å²) in [6, 6.07) is 6.24. The van der Waals surface area contributed by atoms with E-state index in [2.05, 4.69) is 25.7 Å². The minimum atomic E-state index is -5.37. The lowest BCUT2D eigenvalue weighted by Crippen LogP contribution is -2.30. The Morgan fingerprint density at radius 1 is 1.06 bits per heavy atom. The number of para-hydroxylation sites is 1. The van der Waals surface area contributed by atoms with Crippen molar-refractivity contribution in [3.05, 3.63) is 85.6 Å². The van der Waals surface area contributed by atoms with Crippen molar-refractivity contribution in [3.63, 3.8) is 0 Å². The van der Waals surface area contributed by atoms with Crippen molar-refractivity contribution >= 4 is 21.9 Å². The maximum atomic E-state index is 14.4. The number of carbonyl (C=O) groups excluding carboxylic acids is 1. The van der Waals surface area contributed by atoms with Gasteiger partial charge in [0.15, 0.2) is 12.4 Å². The SMILES string of the molecule is NCc1cc(F)ccc1COc1nc(COC(=O)C(F)(F)F)n(-c2c(F)cccc2F)c(=O)c1Br. The maximum Gasteiger partial charge on any atom is 0.490 e. The number of halogens is 7. The van der Waals surface area contributed by atoms with Crippen molar-refractivity contribution in [2.45, 2.75) is 25.9 Å². The van der Waals surface area contributed by atoms with Gasteiger partial charge in [-0.1, -0.05) is 12.1 Å². The van der Waals surface area contributed by atoms with Gasteiger partial charge in [0.25, 0.3) is 5.56 Å². The molecule has 0 atom stereocenters. The van der Waals surface area contributed by atoms with Gasteiger partial charge in [-0.15, -0.1) is 0 Å². The molecule has 0 radical (unpaired) electrons. The highest BCUT2D eigenvalue weighted by atomic mass is 79.9. The average Bonchev–Trinajstić information content (AvgIpc) is 2.79. The lowest BCUT2D eigenvalue weighted by Gasteiger charge is -2.17. The fraction of sp³-hybridized carbons (Fsp3) is 0.190. The van der Waals surface area contributed by atoms with E-state index in [4.69, 9.17) is 10.5 Å². The van der Waals surface area contributed by atoms with Crippen LogP contribution in [0.3, 0.4) is 0 Å². The van der Waals surface area contributed by atoms with E-state index < -0.39 is 63.6 Å². The molecule has 0 unspecified atom stereocenters. The van der Waals surface area contributed by atoms with E-state index in [9.17, 15) is 35.9 Å². The number of aromatic nitrogens is 2. The van der Waals surface area contributed by atoms with Crippen LogP contribution in [0.15, 0.2) is 45.7 Å². The number of nitrogens with two attached hydrogens (primary N) is 1. The van der Waals surface area contributed by atoms with Gasteiger partial charge in [-0.3, -0.25) is 9.36 Å². The highest BCUT2D eigenvalue weighted by Gasteiger charge is 2.41. The fourth-order valence-electron chi connectivity index (χ4n) is 2.93. The van der Waals surface area contributed by atoms with Crippen molar-refractivity contribution in [1.29, 1.82) is 0 Å². The summed E-state index contributed by atoms with van der Waals surface area (Å²) < 4.78 is 89.4. The molecule has 0 saturated heterocycles. The monoisotopic (exact) mass is 565 g/mol. The van der Waals surface area contributed by atoms with E-state index in [1.165, 1.54) is 6.07 Å². The molecule has 0 saturated carbocycles. The van der Waals surface area contributed by atoms with Crippen LogP contribution in [0.1, 0.15) is 17.0 Å². The summed E-state index contributed by atoms with van der Waals surface area (Å²) in [7, 11) is 0. The molecule has 35 heavy (non-hydrogen) atoms. The van der Waals surface area contributed by atoms with Gasteiger partial charge in [0.2, 0.25) is 5.88 Å². The Labute approximate surface area is 201 Å². The molecule has 14 heteroatoms. The van der Waals surface area contributed by atoms with Crippen molar-refractivity contribution in [2.75, 3.05) is 0 Å². The second-order valence-electron chi connectivity index (χ2n) is 6.84. The summed E-state index contributed by atoms with van der Waals surface area (Å²) in [5, 5.41) is 0. The molecule has 1 heterocycles. The third-order valence-electron chi connectivity index (χ3n) is 4.54. The topological polar surface area (TPSA) is 96.4 Å². The Hall–Kier alpha value is -3.39. The second kappa shape index (κ2) is 10.5. The summed E-state index contributed by atoms with van der Waals surface area (Å²) in [6.45, 7) is -1.65. The third-order valence-corrected chi connectivity index (χ3v) is 5.22. The quantitative estimate of drug-likeness (QED) is 0.343. The van der Waals surface area contributed by atoms with Gasteiger partial charge in [-0.05, 0) is 51.3 Å². The van der Waals surface area contributed by atoms with Crippen LogP contribution in [0.4, 0.5) is 26.3 Å². The molecule has 0 spiro atoms. The zero-order valence-electron chi connectivity index (χ0n) is 17.3. The molecule has 0 aliphatic rings. The first-order valence-corrected chi connectivity index (χ1v) is 10.3. The van der Waals surface area contributed by atoms with E-state index in [-0.39, 0.29) is 13.2 Å². The highest BCUT2D eigenvalue weighted by molar-refractivity contribution is 9.10. The van der Waals surface area contributed by atoms with Gasteiger partial charge in [-0.2, -0.15) is 18.2 Å². The number of carbonyl (C=O) groups is 1. The average molecular weight is 566 g/mol. The first-order valence-electron chi connectivity index (χ1n) is 9.54. The number of alkyl halides is 3. The summed E-state index contributed by atoms with van der Waals surface area (Å²) in [5.41, 5.74) is 4.20. The number of nitrogens with zero attached hydrogens (tertiary/aromatic N) is 2. The van der Waals surface area contributed by atoms with Gasteiger partial charge in [-0.25, -0.2) is 18.0 Å². The number of benzene rings is 2. The Balaban J connectivity index is 2.08. The molecular weight excluding hydrogens is 552 g/mol. The number of esters is 1. The van der Waals surface area contributed by atoms with Crippen molar-refractivity contribution in [2.24, 2.45) is 5.73 Å². The van der Waals surface area contributed by atoms with Crippen molar-refractivity contribution in [3.8, 4) is 11.6 Å². The van der Waals surface area contributed by atoms with Gasteiger partial charge in [0.05, 0.1) is 0 Å². The Kier molecular flexibility index (Phi) is 7.85. The minimum Gasteiger partial charge on any atom is -0.472 e. The molecule has 3 rings (SSSR count). The largest absolute Gasteiger partial charge is 0.490 e. The summed E-state index contributed by atoms with van der Waals surface area (Å²) in [4.78, 5) is 28.0.